The van der Waals surface area contributed by atoms with Gasteiger partial charge in [-0.05, 0) is 44.6 Å². The van der Waals surface area contributed by atoms with Gasteiger partial charge in [-0.1, -0.05) is 30.3 Å². The molecule has 1 aliphatic heterocycles. The van der Waals surface area contributed by atoms with Gasteiger partial charge in [-0.3, -0.25) is 4.90 Å². The summed E-state index contributed by atoms with van der Waals surface area (Å²) in [6, 6.07) is 12.7. The molecule has 0 amide bonds. The molecule has 0 bridgehead atoms. The summed E-state index contributed by atoms with van der Waals surface area (Å²) >= 11 is 0. The lowest BCUT2D eigenvalue weighted by Gasteiger charge is -2.33. The van der Waals surface area contributed by atoms with Crippen LogP contribution >= 0.6 is 0 Å². The van der Waals surface area contributed by atoms with Crippen molar-refractivity contribution in [3.8, 4) is 11.5 Å². The van der Waals surface area contributed by atoms with Crippen LogP contribution in [0.4, 0.5) is 4.39 Å². The molecule has 0 aliphatic carbocycles. The van der Waals surface area contributed by atoms with Gasteiger partial charge in [0.15, 0.2) is 11.5 Å². The molecule has 32 heavy (non-hydrogen) atoms. The molecule has 0 saturated carbocycles. The van der Waals surface area contributed by atoms with E-state index in [9.17, 15) is 9.50 Å². The first-order valence-corrected chi connectivity index (χ1v) is 11.5. The van der Waals surface area contributed by atoms with Crippen LogP contribution in [0, 0.1) is 5.82 Å². The average Bonchev–Trinajstić information content (AvgIpc) is 2.79. The molecule has 0 spiro atoms. The van der Waals surface area contributed by atoms with Crippen LogP contribution in [0.3, 0.4) is 0 Å². The van der Waals surface area contributed by atoms with Gasteiger partial charge in [-0.15, -0.1) is 0 Å². The minimum Gasteiger partial charge on any atom is -0.490 e. The van der Waals surface area contributed by atoms with Crippen LogP contribution in [0.5, 0.6) is 11.5 Å². The van der Waals surface area contributed by atoms with Crippen molar-refractivity contribution in [2.24, 2.45) is 0 Å². The van der Waals surface area contributed by atoms with Crippen molar-refractivity contribution >= 4 is 0 Å². The smallest absolute Gasteiger partial charge is 0.165 e. The van der Waals surface area contributed by atoms with Gasteiger partial charge in [-0.25, -0.2) is 4.39 Å². The number of rotatable bonds is 12. The Morgan fingerprint density at radius 1 is 1.03 bits per heavy atom. The van der Waals surface area contributed by atoms with Crippen molar-refractivity contribution in [1.82, 2.24) is 15.1 Å². The maximum Gasteiger partial charge on any atom is 0.165 e. The van der Waals surface area contributed by atoms with Gasteiger partial charge < -0.3 is 24.8 Å². The number of halogens is 1. The van der Waals surface area contributed by atoms with Gasteiger partial charge in [0, 0.05) is 44.8 Å². The fourth-order valence-corrected chi connectivity index (χ4v) is 3.84. The Balaban J connectivity index is 1.54. The monoisotopic (exact) mass is 445 g/mol. The second-order valence-corrected chi connectivity index (χ2v) is 8.26. The molecule has 2 aromatic rings. The van der Waals surface area contributed by atoms with Gasteiger partial charge in [-0.2, -0.15) is 0 Å². The number of nitrogens with zero attached hydrogens (tertiary/aromatic N) is 2. The molecule has 1 atom stereocenters. The third kappa shape index (κ3) is 7.45. The van der Waals surface area contributed by atoms with E-state index in [1.54, 1.807) is 6.07 Å². The van der Waals surface area contributed by atoms with E-state index in [-0.39, 0.29) is 12.4 Å². The predicted molar refractivity (Wildman–Crippen MR) is 125 cm³/mol. The summed E-state index contributed by atoms with van der Waals surface area (Å²) in [5, 5.41) is 13.9. The highest BCUT2D eigenvalue weighted by Gasteiger charge is 2.19. The molecular weight excluding hydrogens is 409 g/mol. The molecule has 3 rings (SSSR count). The van der Waals surface area contributed by atoms with Crippen molar-refractivity contribution < 1.29 is 19.0 Å². The molecule has 2 N–H and O–H groups in total. The molecule has 2 aromatic carbocycles. The Hall–Kier alpha value is -2.19. The number of piperazine rings is 1. The van der Waals surface area contributed by atoms with E-state index in [4.69, 9.17) is 9.47 Å². The SMILES string of the molecule is CCOc1cccc(CNCCc2ccccc2F)c1OCC(O)CN1CCN(C)CC1. The zero-order chi connectivity index (χ0) is 22.8. The summed E-state index contributed by atoms with van der Waals surface area (Å²) < 4.78 is 25.6. The van der Waals surface area contributed by atoms with Crippen LogP contribution in [-0.4, -0.2) is 80.5 Å². The fraction of sp³-hybridized carbons (Fsp3) is 0.520. The number of nitrogens with one attached hydrogen (secondary N) is 1. The topological polar surface area (TPSA) is 57.2 Å². The summed E-state index contributed by atoms with van der Waals surface area (Å²) in [6.45, 7) is 8.44. The van der Waals surface area contributed by atoms with Gasteiger partial charge in [0.1, 0.15) is 18.5 Å². The van der Waals surface area contributed by atoms with Crippen molar-refractivity contribution in [3.05, 3.63) is 59.4 Å². The molecule has 7 heteroatoms. The highest BCUT2D eigenvalue weighted by Crippen LogP contribution is 2.31. The number of benzene rings is 2. The fourth-order valence-electron chi connectivity index (χ4n) is 3.84. The molecule has 176 valence electrons. The van der Waals surface area contributed by atoms with Crippen LogP contribution in [0.1, 0.15) is 18.1 Å². The molecule has 1 fully saturated rings. The van der Waals surface area contributed by atoms with Gasteiger partial charge in [0.2, 0.25) is 0 Å². The van der Waals surface area contributed by atoms with E-state index in [0.29, 0.717) is 49.7 Å². The molecule has 1 unspecified atom stereocenters. The second kappa shape index (κ2) is 12.7. The Kier molecular flexibility index (Phi) is 9.74. The van der Waals surface area contributed by atoms with E-state index < -0.39 is 6.10 Å². The van der Waals surface area contributed by atoms with Crippen LogP contribution in [0.25, 0.3) is 0 Å². The lowest BCUT2D eigenvalue weighted by atomic mass is 10.1. The first-order chi connectivity index (χ1) is 15.6. The standard InChI is InChI=1S/C25H36FN3O3/c1-3-31-24-10-6-8-21(17-27-12-11-20-7-4-5-9-23(20)26)25(24)32-19-22(30)18-29-15-13-28(2)14-16-29/h4-10,22,27,30H,3,11-19H2,1-2H3. The average molecular weight is 446 g/mol. The minimum absolute atomic E-state index is 0.175. The summed E-state index contributed by atoms with van der Waals surface area (Å²) in [7, 11) is 2.12. The Bertz CT molecular complexity index is 828. The normalized spacial score (nSPS) is 16.1. The zero-order valence-corrected chi connectivity index (χ0v) is 19.2. The lowest BCUT2D eigenvalue weighted by Crippen LogP contribution is -2.47. The van der Waals surface area contributed by atoms with Gasteiger partial charge >= 0.3 is 0 Å². The minimum atomic E-state index is -0.574. The number of aliphatic hydroxyl groups excluding tert-OH is 1. The van der Waals surface area contributed by atoms with Crippen LogP contribution < -0.4 is 14.8 Å². The molecular formula is C25H36FN3O3. The molecule has 1 aliphatic rings. The van der Waals surface area contributed by atoms with Crippen molar-refractivity contribution in [1.29, 1.82) is 0 Å². The highest BCUT2D eigenvalue weighted by molar-refractivity contribution is 5.46. The van der Waals surface area contributed by atoms with Crippen molar-refractivity contribution in [2.45, 2.75) is 26.0 Å². The van der Waals surface area contributed by atoms with Gasteiger partial charge in [0.25, 0.3) is 0 Å². The summed E-state index contributed by atoms with van der Waals surface area (Å²) in [4.78, 5) is 4.57. The summed E-state index contributed by atoms with van der Waals surface area (Å²) in [6.07, 6.45) is 0.0348. The molecule has 0 radical (unpaired) electrons. The van der Waals surface area contributed by atoms with Crippen LogP contribution in [0.15, 0.2) is 42.5 Å². The van der Waals surface area contributed by atoms with Crippen molar-refractivity contribution in [2.75, 3.05) is 59.5 Å². The van der Waals surface area contributed by atoms with E-state index in [1.165, 1.54) is 6.07 Å². The number of hydrogen-bond acceptors (Lipinski definition) is 6. The number of para-hydroxylation sites is 1. The van der Waals surface area contributed by atoms with Crippen LogP contribution in [0.2, 0.25) is 0 Å². The summed E-state index contributed by atoms with van der Waals surface area (Å²) in [5.74, 6) is 1.16. The Labute approximate surface area is 190 Å². The van der Waals surface area contributed by atoms with Crippen molar-refractivity contribution in [3.63, 3.8) is 0 Å². The number of ether oxygens (including phenoxy) is 2. The number of β-amino-alcohol motifs (C(OH)–C–C–N with tert-alkyl or cyclic N) is 1. The van der Waals surface area contributed by atoms with E-state index in [1.807, 2.05) is 37.3 Å². The quantitative estimate of drug-likeness (QED) is 0.490. The maximum absolute atomic E-state index is 13.8. The zero-order valence-electron chi connectivity index (χ0n) is 19.2. The predicted octanol–water partition coefficient (Wildman–Crippen LogP) is 2.54. The van der Waals surface area contributed by atoms with Crippen LogP contribution in [-0.2, 0) is 13.0 Å². The molecule has 6 nitrogen and oxygen atoms in total. The lowest BCUT2D eigenvalue weighted by molar-refractivity contribution is 0.0493. The number of aliphatic hydroxyl groups is 1. The maximum atomic E-state index is 13.8. The second-order valence-electron chi connectivity index (χ2n) is 8.26. The van der Waals surface area contributed by atoms with E-state index >= 15 is 0 Å². The summed E-state index contributed by atoms with van der Waals surface area (Å²) in [5.41, 5.74) is 1.66. The first-order valence-electron chi connectivity index (χ1n) is 11.5. The Morgan fingerprint density at radius 3 is 2.53 bits per heavy atom. The molecule has 1 heterocycles. The van der Waals surface area contributed by atoms with E-state index in [2.05, 4.69) is 22.2 Å². The number of likely N-dealkylation sites (N-methyl/N-ethyl adjacent to an activating group) is 1. The van der Waals surface area contributed by atoms with Gasteiger partial charge in [0.05, 0.1) is 6.61 Å². The third-order valence-corrected chi connectivity index (χ3v) is 5.69. The first kappa shape index (κ1) is 24.5. The molecule has 0 aromatic heterocycles. The van der Waals surface area contributed by atoms with E-state index in [0.717, 1.165) is 31.7 Å². The molecule has 1 saturated heterocycles. The third-order valence-electron chi connectivity index (χ3n) is 5.69. The Morgan fingerprint density at radius 2 is 1.78 bits per heavy atom. The number of hydrogen-bond donors (Lipinski definition) is 2. The largest absolute Gasteiger partial charge is 0.490 e. The highest BCUT2D eigenvalue weighted by atomic mass is 19.1.